The number of piperidine rings is 1. The quantitative estimate of drug-likeness (QED) is 0.678. The average molecular weight is 264 g/mol. The molecule has 1 aliphatic heterocycles. The molecule has 98 valence electrons. The van der Waals surface area contributed by atoms with Crippen molar-refractivity contribution in [3.8, 4) is 0 Å². The maximum absolute atomic E-state index is 11.8. The topological polar surface area (TPSA) is 104 Å². The zero-order chi connectivity index (χ0) is 13.1. The summed E-state index contributed by atoms with van der Waals surface area (Å²) in [6.45, 7) is 0.202. The van der Waals surface area contributed by atoms with Crippen LogP contribution in [-0.4, -0.2) is 55.1 Å². The van der Waals surface area contributed by atoms with Crippen LogP contribution in [0.1, 0.15) is 19.3 Å². The van der Waals surface area contributed by atoms with Gasteiger partial charge in [-0.25, -0.2) is 8.42 Å². The predicted octanol–water partition coefficient (Wildman–Crippen LogP) is -0.999. The van der Waals surface area contributed by atoms with Gasteiger partial charge in [-0.3, -0.25) is 9.59 Å². The molecule has 0 aromatic rings. The Morgan fingerprint density at radius 1 is 1.41 bits per heavy atom. The number of carbonyl (C=O) groups is 2. The Kier molecular flexibility index (Phi) is 4.47. The summed E-state index contributed by atoms with van der Waals surface area (Å²) in [5.41, 5.74) is 0. The molecule has 0 radical (unpaired) electrons. The lowest BCUT2D eigenvalue weighted by molar-refractivity contribution is -0.134. The highest BCUT2D eigenvalue weighted by Gasteiger charge is 2.37. The van der Waals surface area contributed by atoms with Gasteiger partial charge in [0.25, 0.3) is 0 Å². The summed E-state index contributed by atoms with van der Waals surface area (Å²) in [6, 6.07) is -0.780. The number of sulfonamides is 1. The third kappa shape index (κ3) is 3.40. The SMILES string of the molecule is CNC(=O)C1CCCCN1S(=O)(=O)CC(=O)O. The Morgan fingerprint density at radius 3 is 2.59 bits per heavy atom. The van der Waals surface area contributed by atoms with Crippen LogP contribution in [0.4, 0.5) is 0 Å². The van der Waals surface area contributed by atoms with Crippen molar-refractivity contribution in [3.63, 3.8) is 0 Å². The summed E-state index contributed by atoms with van der Waals surface area (Å²) in [4.78, 5) is 22.0. The normalized spacial score (nSPS) is 22.1. The molecule has 0 spiro atoms. The maximum Gasteiger partial charge on any atom is 0.320 e. The molecule has 17 heavy (non-hydrogen) atoms. The fraction of sp³-hybridized carbons (Fsp3) is 0.778. The Balaban J connectivity index is 2.91. The average Bonchev–Trinajstić information content (AvgIpc) is 2.26. The van der Waals surface area contributed by atoms with E-state index < -0.39 is 33.7 Å². The zero-order valence-corrected chi connectivity index (χ0v) is 10.4. The van der Waals surface area contributed by atoms with Crippen LogP contribution in [0.25, 0.3) is 0 Å². The van der Waals surface area contributed by atoms with Crippen LogP contribution in [0.2, 0.25) is 0 Å². The number of carboxylic acid groups (broad SMARTS) is 1. The third-order valence-electron chi connectivity index (χ3n) is 2.67. The molecule has 0 aromatic heterocycles. The Hall–Kier alpha value is -1.15. The van der Waals surface area contributed by atoms with E-state index in [0.29, 0.717) is 12.8 Å². The minimum absolute atomic E-state index is 0.202. The Labute approximate surface area is 99.8 Å². The number of carboxylic acids is 1. The smallest absolute Gasteiger partial charge is 0.320 e. The second kappa shape index (κ2) is 5.46. The number of likely N-dealkylation sites (N-methyl/N-ethyl adjacent to an activating group) is 1. The van der Waals surface area contributed by atoms with Crippen LogP contribution in [0.3, 0.4) is 0 Å². The fourth-order valence-corrected chi connectivity index (χ4v) is 3.38. The first-order valence-electron chi connectivity index (χ1n) is 5.31. The molecule has 2 N–H and O–H groups in total. The van der Waals surface area contributed by atoms with Gasteiger partial charge < -0.3 is 10.4 Å². The molecule has 1 unspecified atom stereocenters. The van der Waals surface area contributed by atoms with Gasteiger partial charge in [-0.1, -0.05) is 6.42 Å². The van der Waals surface area contributed by atoms with E-state index in [4.69, 9.17) is 5.11 Å². The van der Waals surface area contributed by atoms with Crippen molar-refractivity contribution < 1.29 is 23.1 Å². The van der Waals surface area contributed by atoms with Crippen LogP contribution in [0.15, 0.2) is 0 Å². The molecule has 1 aliphatic rings. The molecule has 0 bridgehead atoms. The van der Waals surface area contributed by atoms with E-state index in [1.165, 1.54) is 7.05 Å². The van der Waals surface area contributed by atoms with Crippen molar-refractivity contribution in [1.29, 1.82) is 0 Å². The van der Waals surface area contributed by atoms with Crippen molar-refractivity contribution >= 4 is 21.9 Å². The molecule has 0 saturated carbocycles. The van der Waals surface area contributed by atoms with E-state index in [0.717, 1.165) is 10.7 Å². The highest BCUT2D eigenvalue weighted by molar-refractivity contribution is 7.89. The second-order valence-corrected chi connectivity index (χ2v) is 5.81. The monoisotopic (exact) mass is 264 g/mol. The lowest BCUT2D eigenvalue weighted by atomic mass is 10.0. The van der Waals surface area contributed by atoms with E-state index in [9.17, 15) is 18.0 Å². The van der Waals surface area contributed by atoms with Gasteiger partial charge in [0.2, 0.25) is 15.9 Å². The van der Waals surface area contributed by atoms with Crippen LogP contribution < -0.4 is 5.32 Å². The van der Waals surface area contributed by atoms with Gasteiger partial charge in [0.15, 0.2) is 5.75 Å². The van der Waals surface area contributed by atoms with Gasteiger partial charge in [-0.05, 0) is 12.8 Å². The molecular formula is C9H16N2O5S. The van der Waals surface area contributed by atoms with E-state index in [1.807, 2.05) is 0 Å². The van der Waals surface area contributed by atoms with Crippen molar-refractivity contribution in [1.82, 2.24) is 9.62 Å². The molecule has 1 fully saturated rings. The molecule has 8 heteroatoms. The molecule has 1 amide bonds. The highest BCUT2D eigenvalue weighted by atomic mass is 32.2. The maximum atomic E-state index is 11.8. The minimum atomic E-state index is -3.91. The standard InChI is InChI=1S/C9H16N2O5S/c1-10-9(14)7-4-2-3-5-11(7)17(15,16)6-8(12)13/h7H,2-6H2,1H3,(H,10,14)(H,12,13). The van der Waals surface area contributed by atoms with Crippen LogP contribution >= 0.6 is 0 Å². The van der Waals surface area contributed by atoms with Crippen LogP contribution in [0, 0.1) is 0 Å². The minimum Gasteiger partial charge on any atom is -0.480 e. The van der Waals surface area contributed by atoms with E-state index in [-0.39, 0.29) is 6.54 Å². The van der Waals surface area contributed by atoms with Crippen LogP contribution in [-0.2, 0) is 19.6 Å². The number of rotatable bonds is 4. The molecular weight excluding hydrogens is 248 g/mol. The first kappa shape index (κ1) is 13.9. The number of amides is 1. The Bertz CT molecular complexity index is 406. The molecule has 0 aliphatic carbocycles. The number of hydrogen-bond acceptors (Lipinski definition) is 4. The van der Waals surface area contributed by atoms with Gasteiger partial charge in [0.1, 0.15) is 6.04 Å². The van der Waals surface area contributed by atoms with Gasteiger partial charge >= 0.3 is 5.97 Å². The molecule has 1 heterocycles. The fourth-order valence-electron chi connectivity index (χ4n) is 1.91. The van der Waals surface area contributed by atoms with Crippen molar-refractivity contribution in [2.75, 3.05) is 19.3 Å². The summed E-state index contributed by atoms with van der Waals surface area (Å²) >= 11 is 0. The van der Waals surface area contributed by atoms with E-state index in [2.05, 4.69) is 5.32 Å². The first-order valence-corrected chi connectivity index (χ1v) is 6.92. The van der Waals surface area contributed by atoms with Crippen LogP contribution in [0.5, 0.6) is 0 Å². The molecule has 0 aromatic carbocycles. The number of hydrogen-bond donors (Lipinski definition) is 2. The van der Waals surface area contributed by atoms with E-state index in [1.54, 1.807) is 0 Å². The zero-order valence-electron chi connectivity index (χ0n) is 9.55. The van der Waals surface area contributed by atoms with Gasteiger partial charge in [-0.2, -0.15) is 4.31 Å². The number of nitrogens with one attached hydrogen (secondary N) is 1. The summed E-state index contributed by atoms with van der Waals surface area (Å²) < 4.78 is 24.6. The predicted molar refractivity (Wildman–Crippen MR) is 59.8 cm³/mol. The van der Waals surface area contributed by atoms with E-state index >= 15 is 0 Å². The first-order chi connectivity index (χ1) is 7.88. The van der Waals surface area contributed by atoms with Crippen molar-refractivity contribution in [2.45, 2.75) is 25.3 Å². The molecule has 1 rings (SSSR count). The second-order valence-electron chi connectivity index (χ2n) is 3.89. The molecule has 1 atom stereocenters. The number of carbonyl (C=O) groups excluding carboxylic acids is 1. The summed E-state index contributed by atoms with van der Waals surface area (Å²) in [7, 11) is -2.48. The summed E-state index contributed by atoms with van der Waals surface area (Å²) in [5, 5.41) is 11.0. The van der Waals surface area contributed by atoms with Gasteiger partial charge in [-0.15, -0.1) is 0 Å². The summed E-state index contributed by atoms with van der Waals surface area (Å²) in [5.74, 6) is -2.77. The Morgan fingerprint density at radius 2 is 2.06 bits per heavy atom. The van der Waals surface area contributed by atoms with Crippen molar-refractivity contribution in [2.24, 2.45) is 0 Å². The molecule has 7 nitrogen and oxygen atoms in total. The largest absolute Gasteiger partial charge is 0.480 e. The van der Waals surface area contributed by atoms with Gasteiger partial charge in [0.05, 0.1) is 0 Å². The third-order valence-corrected chi connectivity index (χ3v) is 4.43. The van der Waals surface area contributed by atoms with Crippen molar-refractivity contribution in [3.05, 3.63) is 0 Å². The summed E-state index contributed by atoms with van der Waals surface area (Å²) in [6.07, 6.45) is 1.84. The van der Waals surface area contributed by atoms with Gasteiger partial charge in [0, 0.05) is 13.6 Å². The number of nitrogens with zero attached hydrogens (tertiary/aromatic N) is 1. The highest BCUT2D eigenvalue weighted by Crippen LogP contribution is 2.20. The lowest BCUT2D eigenvalue weighted by Crippen LogP contribution is -2.52. The molecule has 1 saturated heterocycles. The lowest BCUT2D eigenvalue weighted by Gasteiger charge is -2.32. The number of aliphatic carboxylic acids is 1.